The molecule has 1 aliphatic rings. The van der Waals surface area contributed by atoms with Gasteiger partial charge in [-0.1, -0.05) is 30.3 Å². The Morgan fingerprint density at radius 1 is 1.14 bits per heavy atom. The fraction of sp³-hybridized carbons (Fsp3) is 0.474. The van der Waals surface area contributed by atoms with Crippen LogP contribution in [0.25, 0.3) is 0 Å². The van der Waals surface area contributed by atoms with Crippen LogP contribution in [-0.4, -0.2) is 77.5 Å². The number of rotatable bonds is 6. The van der Waals surface area contributed by atoms with Crippen LogP contribution in [0.15, 0.2) is 30.3 Å². The molecule has 2 heterocycles. The quantitative estimate of drug-likeness (QED) is 0.733. The van der Waals surface area contributed by atoms with Gasteiger partial charge in [-0.3, -0.25) is 4.79 Å². The molecule has 0 unspecified atom stereocenters. The molecular formula is C19H25N5O3S. The highest BCUT2D eigenvalue weighted by Crippen LogP contribution is 2.18. The van der Waals surface area contributed by atoms with E-state index in [1.807, 2.05) is 42.3 Å². The van der Waals surface area contributed by atoms with Gasteiger partial charge in [0.05, 0.1) is 13.2 Å². The maximum absolute atomic E-state index is 12.6. The number of carbonyl (C=O) groups is 2. The van der Waals surface area contributed by atoms with Crippen molar-refractivity contribution < 1.29 is 14.3 Å². The second-order valence-corrected chi connectivity index (χ2v) is 7.31. The molecule has 9 heteroatoms. The third kappa shape index (κ3) is 5.19. The lowest BCUT2D eigenvalue weighted by Crippen LogP contribution is -2.52. The van der Waals surface area contributed by atoms with Gasteiger partial charge in [-0.15, -0.1) is 0 Å². The van der Waals surface area contributed by atoms with Crippen molar-refractivity contribution in [1.29, 1.82) is 0 Å². The molecule has 2 aromatic rings. The first-order valence-corrected chi connectivity index (χ1v) is 10.1. The van der Waals surface area contributed by atoms with Crippen LogP contribution in [0.4, 0.5) is 9.93 Å². The number of hydrogen-bond acceptors (Lipinski definition) is 7. The fourth-order valence-corrected chi connectivity index (χ4v) is 3.62. The first-order chi connectivity index (χ1) is 13.6. The van der Waals surface area contributed by atoms with E-state index >= 15 is 0 Å². The smallest absolute Gasteiger partial charge is 0.409 e. The summed E-state index contributed by atoms with van der Waals surface area (Å²) in [5.41, 5.74) is 1.16. The van der Waals surface area contributed by atoms with Gasteiger partial charge in [-0.25, -0.2) is 9.78 Å². The Bertz CT molecular complexity index is 790. The third-order valence-electron chi connectivity index (χ3n) is 4.52. The molecule has 0 bridgehead atoms. The predicted octanol–water partition coefficient (Wildman–Crippen LogP) is 1.87. The highest BCUT2D eigenvalue weighted by atomic mass is 32.1. The lowest BCUT2D eigenvalue weighted by Gasteiger charge is -2.34. The monoisotopic (exact) mass is 403 g/mol. The zero-order chi connectivity index (χ0) is 19.9. The minimum Gasteiger partial charge on any atom is -0.450 e. The summed E-state index contributed by atoms with van der Waals surface area (Å²) < 4.78 is 9.41. The Morgan fingerprint density at radius 3 is 2.50 bits per heavy atom. The predicted molar refractivity (Wildman–Crippen MR) is 108 cm³/mol. The summed E-state index contributed by atoms with van der Waals surface area (Å²) in [5, 5.41) is 0.726. The molecule has 0 radical (unpaired) electrons. The summed E-state index contributed by atoms with van der Waals surface area (Å²) >= 11 is 1.30. The van der Waals surface area contributed by atoms with Crippen molar-refractivity contribution in [3.63, 3.8) is 0 Å². The van der Waals surface area contributed by atoms with Crippen LogP contribution in [0.2, 0.25) is 0 Å². The number of ether oxygens (including phenoxy) is 1. The second kappa shape index (κ2) is 9.50. The van der Waals surface area contributed by atoms with Crippen LogP contribution in [0.5, 0.6) is 0 Å². The number of amides is 2. The molecule has 1 aliphatic heterocycles. The van der Waals surface area contributed by atoms with E-state index in [9.17, 15) is 9.59 Å². The number of carbonyl (C=O) groups excluding carboxylic acids is 2. The van der Waals surface area contributed by atoms with Crippen LogP contribution in [0.1, 0.15) is 18.3 Å². The van der Waals surface area contributed by atoms with E-state index in [0.717, 1.165) is 16.5 Å². The Balaban J connectivity index is 1.49. The zero-order valence-electron chi connectivity index (χ0n) is 16.2. The van der Waals surface area contributed by atoms with E-state index in [2.05, 4.69) is 9.36 Å². The molecule has 1 fully saturated rings. The minimum atomic E-state index is -0.313. The summed E-state index contributed by atoms with van der Waals surface area (Å²) in [6.07, 6.45) is 0.362. The first kappa shape index (κ1) is 20.1. The Kier molecular flexibility index (Phi) is 6.80. The molecule has 2 amide bonds. The highest BCUT2D eigenvalue weighted by Gasteiger charge is 2.25. The van der Waals surface area contributed by atoms with Crippen LogP contribution >= 0.6 is 11.5 Å². The van der Waals surface area contributed by atoms with Crippen molar-refractivity contribution in [3.8, 4) is 0 Å². The van der Waals surface area contributed by atoms with Gasteiger partial charge in [-0.05, 0) is 12.5 Å². The largest absolute Gasteiger partial charge is 0.450 e. The van der Waals surface area contributed by atoms with E-state index in [4.69, 9.17) is 4.74 Å². The van der Waals surface area contributed by atoms with Crippen molar-refractivity contribution in [3.05, 3.63) is 41.7 Å². The van der Waals surface area contributed by atoms with E-state index < -0.39 is 0 Å². The number of aromatic nitrogens is 2. The zero-order valence-corrected chi connectivity index (χ0v) is 17.0. The van der Waals surface area contributed by atoms with Crippen LogP contribution in [0, 0.1) is 0 Å². The second-order valence-electron chi connectivity index (χ2n) is 6.58. The molecule has 0 aliphatic carbocycles. The van der Waals surface area contributed by atoms with Crippen molar-refractivity contribution in [2.45, 2.75) is 13.3 Å². The number of anilines is 1. The SMILES string of the molecule is CCOC(=O)N1CCN(C(=O)CN(C)c2nc(Cc3ccccc3)ns2)CC1. The Hall–Kier alpha value is -2.68. The fourth-order valence-electron chi connectivity index (χ4n) is 2.97. The van der Waals surface area contributed by atoms with Crippen LogP contribution < -0.4 is 4.90 Å². The van der Waals surface area contributed by atoms with Crippen molar-refractivity contribution >= 4 is 28.7 Å². The molecule has 3 rings (SSSR count). The average molecular weight is 404 g/mol. The molecule has 1 aromatic heterocycles. The number of hydrogen-bond donors (Lipinski definition) is 0. The van der Waals surface area contributed by atoms with Gasteiger partial charge in [-0.2, -0.15) is 4.37 Å². The molecule has 28 heavy (non-hydrogen) atoms. The Morgan fingerprint density at radius 2 is 1.82 bits per heavy atom. The maximum Gasteiger partial charge on any atom is 0.409 e. The summed E-state index contributed by atoms with van der Waals surface area (Å²) in [6.45, 7) is 4.40. The van der Waals surface area contributed by atoms with E-state index in [1.165, 1.54) is 11.5 Å². The standard InChI is InChI=1S/C19H25N5O3S/c1-3-27-19(26)24-11-9-23(10-12-24)17(25)14-22(2)18-20-16(21-28-18)13-15-7-5-4-6-8-15/h4-8H,3,9-14H2,1-2H3. The van der Waals surface area contributed by atoms with Crippen LogP contribution in [0.3, 0.4) is 0 Å². The molecular weight excluding hydrogens is 378 g/mol. The molecule has 0 N–H and O–H groups in total. The Labute approximate surface area is 168 Å². The molecule has 1 aromatic carbocycles. The first-order valence-electron chi connectivity index (χ1n) is 9.34. The minimum absolute atomic E-state index is 0.0193. The summed E-state index contributed by atoms with van der Waals surface area (Å²) in [4.78, 5) is 34.1. The van der Waals surface area contributed by atoms with Gasteiger partial charge >= 0.3 is 6.09 Å². The average Bonchev–Trinajstić information content (AvgIpc) is 3.17. The van der Waals surface area contributed by atoms with E-state index in [1.54, 1.807) is 16.7 Å². The highest BCUT2D eigenvalue weighted by molar-refractivity contribution is 7.09. The third-order valence-corrected chi connectivity index (χ3v) is 5.39. The molecule has 150 valence electrons. The van der Waals surface area contributed by atoms with Crippen molar-refractivity contribution in [2.24, 2.45) is 0 Å². The van der Waals surface area contributed by atoms with Gasteiger partial charge < -0.3 is 19.4 Å². The molecule has 1 saturated heterocycles. The van der Waals surface area contributed by atoms with E-state index in [0.29, 0.717) is 39.2 Å². The topological polar surface area (TPSA) is 78.9 Å². The van der Waals surface area contributed by atoms with Gasteiger partial charge in [0.1, 0.15) is 5.82 Å². The molecule has 0 atom stereocenters. The van der Waals surface area contributed by atoms with Crippen molar-refractivity contribution in [2.75, 3.05) is 51.3 Å². The van der Waals surface area contributed by atoms with E-state index in [-0.39, 0.29) is 18.5 Å². The van der Waals surface area contributed by atoms with Gasteiger partial charge in [0.2, 0.25) is 11.0 Å². The normalized spacial score (nSPS) is 14.1. The van der Waals surface area contributed by atoms with Gasteiger partial charge in [0, 0.05) is 51.2 Å². The number of nitrogens with zero attached hydrogens (tertiary/aromatic N) is 5. The maximum atomic E-state index is 12.6. The summed E-state index contributed by atoms with van der Waals surface area (Å²) in [7, 11) is 1.85. The number of likely N-dealkylation sites (N-methyl/N-ethyl adjacent to an activating group) is 1. The van der Waals surface area contributed by atoms with Gasteiger partial charge in [0.15, 0.2) is 0 Å². The van der Waals surface area contributed by atoms with Crippen LogP contribution in [-0.2, 0) is 16.0 Å². The number of benzene rings is 1. The number of piperazine rings is 1. The van der Waals surface area contributed by atoms with Gasteiger partial charge in [0.25, 0.3) is 0 Å². The lowest BCUT2D eigenvalue weighted by atomic mass is 10.1. The molecule has 8 nitrogen and oxygen atoms in total. The summed E-state index contributed by atoms with van der Waals surface area (Å²) in [5.74, 6) is 0.777. The molecule has 0 spiro atoms. The molecule has 0 saturated carbocycles. The lowest BCUT2D eigenvalue weighted by molar-refractivity contribution is -0.131. The van der Waals surface area contributed by atoms with Crippen molar-refractivity contribution in [1.82, 2.24) is 19.2 Å². The summed E-state index contributed by atoms with van der Waals surface area (Å²) in [6, 6.07) is 10.1.